The summed E-state index contributed by atoms with van der Waals surface area (Å²) in [7, 11) is 0. The highest BCUT2D eigenvalue weighted by Gasteiger charge is 2.25. The number of oxazole rings is 1. The summed E-state index contributed by atoms with van der Waals surface area (Å²) in [5.41, 5.74) is 1.31. The van der Waals surface area contributed by atoms with E-state index < -0.39 is 0 Å². The Morgan fingerprint density at radius 2 is 2.13 bits per heavy atom. The van der Waals surface area contributed by atoms with Gasteiger partial charge in [0, 0.05) is 12.1 Å². The van der Waals surface area contributed by atoms with E-state index >= 15 is 0 Å². The molecule has 1 unspecified atom stereocenters. The normalized spacial score (nSPS) is 18.2. The van der Waals surface area contributed by atoms with E-state index in [0.29, 0.717) is 42.7 Å². The lowest BCUT2D eigenvalue weighted by atomic mass is 10.2. The molecule has 122 valence electrons. The second-order valence-corrected chi connectivity index (χ2v) is 5.72. The number of amides is 1. The van der Waals surface area contributed by atoms with Crippen LogP contribution in [0.15, 0.2) is 28.7 Å². The number of morpholine rings is 1. The van der Waals surface area contributed by atoms with Gasteiger partial charge in [-0.3, -0.25) is 4.79 Å². The van der Waals surface area contributed by atoms with Crippen molar-refractivity contribution in [2.75, 3.05) is 19.8 Å². The zero-order valence-corrected chi connectivity index (χ0v) is 13.2. The topological polar surface area (TPSA) is 55.6 Å². The van der Waals surface area contributed by atoms with Gasteiger partial charge in [0.05, 0.1) is 31.4 Å². The molecule has 2 aromatic rings. The van der Waals surface area contributed by atoms with E-state index in [2.05, 4.69) is 4.98 Å². The third kappa shape index (κ3) is 3.42. The standard InChI is InChI=1S/C17H19FN2O3/c1-11-10-22-8-7-20(11)16(21)9-15-12(2)23-17(19-15)13-3-5-14(18)6-4-13/h3-6,11H,7-10H2,1-2H3. The van der Waals surface area contributed by atoms with Crippen LogP contribution in [0.5, 0.6) is 0 Å². The molecular weight excluding hydrogens is 299 g/mol. The first-order valence-electron chi connectivity index (χ1n) is 7.64. The highest BCUT2D eigenvalue weighted by atomic mass is 19.1. The Balaban J connectivity index is 1.76. The van der Waals surface area contributed by atoms with Gasteiger partial charge >= 0.3 is 0 Å². The zero-order chi connectivity index (χ0) is 16.4. The van der Waals surface area contributed by atoms with E-state index in [-0.39, 0.29) is 24.2 Å². The first kappa shape index (κ1) is 15.7. The molecule has 0 radical (unpaired) electrons. The van der Waals surface area contributed by atoms with Crippen LogP contribution in [-0.4, -0.2) is 41.6 Å². The molecule has 0 N–H and O–H groups in total. The van der Waals surface area contributed by atoms with Crippen molar-refractivity contribution in [2.24, 2.45) is 0 Å². The van der Waals surface area contributed by atoms with E-state index in [9.17, 15) is 9.18 Å². The molecule has 1 saturated heterocycles. The number of aromatic nitrogens is 1. The molecule has 0 spiro atoms. The number of carbonyl (C=O) groups excluding carboxylic acids is 1. The molecule has 1 aliphatic rings. The molecule has 1 amide bonds. The first-order chi connectivity index (χ1) is 11.0. The number of nitrogens with zero attached hydrogens (tertiary/aromatic N) is 2. The smallest absolute Gasteiger partial charge is 0.229 e. The minimum Gasteiger partial charge on any atom is -0.441 e. The van der Waals surface area contributed by atoms with Gasteiger partial charge in [-0.15, -0.1) is 0 Å². The van der Waals surface area contributed by atoms with Crippen LogP contribution >= 0.6 is 0 Å². The predicted octanol–water partition coefficient (Wildman–Crippen LogP) is 2.58. The molecule has 0 aliphatic carbocycles. The van der Waals surface area contributed by atoms with E-state index in [4.69, 9.17) is 9.15 Å². The van der Waals surface area contributed by atoms with Crippen LogP contribution in [0.25, 0.3) is 11.5 Å². The number of rotatable bonds is 3. The van der Waals surface area contributed by atoms with E-state index in [1.54, 1.807) is 19.1 Å². The van der Waals surface area contributed by atoms with Crippen molar-refractivity contribution in [3.05, 3.63) is 41.5 Å². The van der Waals surface area contributed by atoms with Gasteiger partial charge in [0.1, 0.15) is 11.6 Å². The molecule has 6 heteroatoms. The van der Waals surface area contributed by atoms with Crippen molar-refractivity contribution < 1.29 is 18.3 Å². The highest BCUT2D eigenvalue weighted by Crippen LogP contribution is 2.23. The summed E-state index contributed by atoms with van der Waals surface area (Å²) in [6.07, 6.45) is 0.195. The summed E-state index contributed by atoms with van der Waals surface area (Å²) in [4.78, 5) is 18.7. The average molecular weight is 318 g/mol. The van der Waals surface area contributed by atoms with Gasteiger partial charge in [-0.2, -0.15) is 0 Å². The lowest BCUT2D eigenvalue weighted by Gasteiger charge is -2.33. The Morgan fingerprint density at radius 1 is 1.39 bits per heavy atom. The van der Waals surface area contributed by atoms with Crippen LogP contribution in [-0.2, 0) is 16.0 Å². The quantitative estimate of drug-likeness (QED) is 0.873. The van der Waals surface area contributed by atoms with Crippen molar-refractivity contribution in [1.29, 1.82) is 0 Å². The minimum absolute atomic E-state index is 0.0165. The van der Waals surface area contributed by atoms with E-state index in [0.717, 1.165) is 0 Å². The number of carbonyl (C=O) groups is 1. The Morgan fingerprint density at radius 3 is 2.83 bits per heavy atom. The van der Waals surface area contributed by atoms with Crippen molar-refractivity contribution in [3.8, 4) is 11.5 Å². The Hall–Kier alpha value is -2.21. The van der Waals surface area contributed by atoms with E-state index in [1.165, 1.54) is 12.1 Å². The van der Waals surface area contributed by atoms with Crippen molar-refractivity contribution >= 4 is 5.91 Å². The number of hydrogen-bond donors (Lipinski definition) is 0. The fourth-order valence-corrected chi connectivity index (χ4v) is 2.65. The molecular formula is C17H19FN2O3. The van der Waals surface area contributed by atoms with Crippen LogP contribution in [0.1, 0.15) is 18.4 Å². The largest absolute Gasteiger partial charge is 0.441 e. The summed E-state index contributed by atoms with van der Waals surface area (Å²) < 4.78 is 24.0. The van der Waals surface area contributed by atoms with Gasteiger partial charge in [0.2, 0.25) is 11.8 Å². The molecule has 1 aromatic carbocycles. The Bertz CT molecular complexity index is 696. The van der Waals surface area contributed by atoms with Crippen LogP contribution in [0.2, 0.25) is 0 Å². The van der Waals surface area contributed by atoms with Crippen molar-refractivity contribution in [1.82, 2.24) is 9.88 Å². The fourth-order valence-electron chi connectivity index (χ4n) is 2.65. The summed E-state index contributed by atoms with van der Waals surface area (Å²) in [5, 5.41) is 0. The second-order valence-electron chi connectivity index (χ2n) is 5.72. The van der Waals surface area contributed by atoms with Crippen LogP contribution in [0.3, 0.4) is 0 Å². The fraction of sp³-hybridized carbons (Fsp3) is 0.412. The van der Waals surface area contributed by atoms with Crippen LogP contribution in [0, 0.1) is 12.7 Å². The lowest BCUT2D eigenvalue weighted by molar-refractivity contribution is -0.138. The number of ether oxygens (including phenoxy) is 1. The van der Waals surface area contributed by atoms with Crippen LogP contribution < -0.4 is 0 Å². The predicted molar refractivity (Wildman–Crippen MR) is 82.3 cm³/mol. The molecule has 1 aromatic heterocycles. The summed E-state index contributed by atoms with van der Waals surface area (Å²) in [6.45, 7) is 5.48. The molecule has 0 saturated carbocycles. The van der Waals surface area contributed by atoms with Gasteiger partial charge < -0.3 is 14.1 Å². The lowest BCUT2D eigenvalue weighted by Crippen LogP contribution is -2.47. The maximum Gasteiger partial charge on any atom is 0.229 e. The first-order valence-corrected chi connectivity index (χ1v) is 7.64. The highest BCUT2D eigenvalue weighted by molar-refractivity contribution is 5.79. The number of aryl methyl sites for hydroxylation is 1. The number of halogens is 1. The Labute approximate surface area is 134 Å². The second kappa shape index (κ2) is 6.50. The molecule has 0 bridgehead atoms. The maximum absolute atomic E-state index is 13.0. The third-order valence-corrected chi connectivity index (χ3v) is 3.99. The molecule has 1 fully saturated rings. The number of hydrogen-bond acceptors (Lipinski definition) is 4. The average Bonchev–Trinajstić information content (AvgIpc) is 2.89. The van der Waals surface area contributed by atoms with E-state index in [1.807, 2.05) is 11.8 Å². The van der Waals surface area contributed by atoms with Crippen molar-refractivity contribution in [2.45, 2.75) is 26.3 Å². The summed E-state index contributed by atoms with van der Waals surface area (Å²) in [6, 6.07) is 6.00. The summed E-state index contributed by atoms with van der Waals surface area (Å²) in [5.74, 6) is 0.718. The van der Waals surface area contributed by atoms with Gasteiger partial charge in [0.15, 0.2) is 0 Å². The zero-order valence-electron chi connectivity index (χ0n) is 13.2. The molecule has 1 aliphatic heterocycles. The molecule has 5 nitrogen and oxygen atoms in total. The minimum atomic E-state index is -0.311. The van der Waals surface area contributed by atoms with Crippen molar-refractivity contribution in [3.63, 3.8) is 0 Å². The molecule has 3 rings (SSSR count). The molecule has 1 atom stereocenters. The van der Waals surface area contributed by atoms with Crippen LogP contribution in [0.4, 0.5) is 4.39 Å². The Kier molecular flexibility index (Phi) is 4.43. The summed E-state index contributed by atoms with van der Waals surface area (Å²) >= 11 is 0. The molecule has 2 heterocycles. The SMILES string of the molecule is Cc1oc(-c2ccc(F)cc2)nc1CC(=O)N1CCOCC1C. The number of benzene rings is 1. The maximum atomic E-state index is 13.0. The van der Waals surface area contributed by atoms with Gasteiger partial charge in [-0.1, -0.05) is 0 Å². The van der Waals surface area contributed by atoms with Gasteiger partial charge in [-0.25, -0.2) is 9.37 Å². The van der Waals surface area contributed by atoms with Gasteiger partial charge in [0.25, 0.3) is 0 Å². The molecule has 23 heavy (non-hydrogen) atoms. The monoisotopic (exact) mass is 318 g/mol. The third-order valence-electron chi connectivity index (χ3n) is 3.99. The van der Waals surface area contributed by atoms with Gasteiger partial charge in [-0.05, 0) is 38.1 Å².